The number of aromatic nitrogens is 3. The second-order valence-electron chi connectivity index (χ2n) is 7.99. The Morgan fingerprint density at radius 1 is 1.23 bits per heavy atom. The lowest BCUT2D eigenvalue weighted by Gasteiger charge is -2.36. The highest BCUT2D eigenvalue weighted by Crippen LogP contribution is 2.32. The summed E-state index contributed by atoms with van der Waals surface area (Å²) < 4.78 is 29.8. The van der Waals surface area contributed by atoms with Crippen LogP contribution in [0.5, 0.6) is 5.75 Å². The van der Waals surface area contributed by atoms with Crippen molar-refractivity contribution in [2.24, 2.45) is 5.92 Å². The van der Waals surface area contributed by atoms with Crippen LogP contribution in [0.4, 0.5) is 20.3 Å². The normalized spacial score (nSPS) is 18.3. The minimum atomic E-state index is -3.83. The average Bonchev–Trinajstić information content (AvgIpc) is 2.84. The molecule has 2 aromatic heterocycles. The van der Waals surface area contributed by atoms with E-state index in [0.29, 0.717) is 35.6 Å². The lowest BCUT2D eigenvalue weighted by molar-refractivity contribution is -0.0964. The fraction of sp³-hybridized carbons (Fsp3) is 0.304. The fourth-order valence-electron chi connectivity index (χ4n) is 3.81. The number of alkyl halides is 3. The average molecular weight is 506 g/mol. The number of carbonyl (C=O) groups excluding carboxylic acids is 1. The first kappa shape index (κ1) is 24.7. The topological polar surface area (TPSA) is 121 Å². The molecule has 0 unspecified atom stereocenters. The summed E-state index contributed by atoms with van der Waals surface area (Å²) in [6.45, 7) is 0.750. The van der Waals surface area contributed by atoms with Crippen LogP contribution < -0.4 is 15.0 Å². The van der Waals surface area contributed by atoms with Crippen LogP contribution in [0, 0.1) is 5.92 Å². The molecule has 0 spiro atoms. The molecule has 1 fully saturated rings. The maximum atomic E-state index is 12.9. The Kier molecular flexibility index (Phi) is 7.39. The predicted octanol–water partition coefficient (Wildman–Crippen LogP) is 3.14. The number of halogens is 3. The number of benzene rings is 1. The van der Waals surface area contributed by atoms with Crippen molar-refractivity contribution in [1.82, 2.24) is 15.0 Å². The van der Waals surface area contributed by atoms with Crippen LogP contribution in [-0.4, -0.2) is 62.4 Å². The first-order valence-electron chi connectivity index (χ1n) is 10.7. The van der Waals surface area contributed by atoms with Crippen molar-refractivity contribution in [3.63, 3.8) is 0 Å². The summed E-state index contributed by atoms with van der Waals surface area (Å²) in [7, 11) is 0. The molecule has 9 nitrogen and oxygen atoms in total. The van der Waals surface area contributed by atoms with E-state index in [2.05, 4.69) is 25.0 Å². The van der Waals surface area contributed by atoms with Crippen LogP contribution >= 0.6 is 11.6 Å². The van der Waals surface area contributed by atoms with Gasteiger partial charge in [0.15, 0.2) is 0 Å². The van der Waals surface area contributed by atoms with Crippen LogP contribution in [0.3, 0.4) is 0 Å². The molecule has 1 saturated heterocycles. The first-order chi connectivity index (χ1) is 16.7. The highest BCUT2D eigenvalue weighted by atomic mass is 35.5. The van der Waals surface area contributed by atoms with Crippen molar-refractivity contribution in [1.29, 1.82) is 0 Å². The van der Waals surface area contributed by atoms with Gasteiger partial charge in [0.25, 0.3) is 5.91 Å². The molecule has 0 aliphatic carbocycles. The van der Waals surface area contributed by atoms with Gasteiger partial charge in [-0.15, -0.1) is 8.78 Å². The molecule has 184 valence electrons. The number of carbonyl (C=O) groups is 1. The molecule has 12 heteroatoms. The van der Waals surface area contributed by atoms with Gasteiger partial charge in [0.1, 0.15) is 17.9 Å². The van der Waals surface area contributed by atoms with Crippen molar-refractivity contribution < 1.29 is 28.5 Å². The van der Waals surface area contributed by atoms with E-state index in [4.69, 9.17) is 11.6 Å². The third-order valence-corrected chi connectivity index (χ3v) is 5.68. The Hall–Kier alpha value is -3.41. The number of anilines is 2. The Morgan fingerprint density at radius 2 is 1.94 bits per heavy atom. The molecule has 0 saturated carbocycles. The van der Waals surface area contributed by atoms with Gasteiger partial charge in [-0.05, 0) is 36.8 Å². The minimum Gasteiger partial charge on any atom is -0.420 e. The van der Waals surface area contributed by atoms with Crippen molar-refractivity contribution in [3.05, 3.63) is 60.8 Å². The van der Waals surface area contributed by atoms with Crippen LogP contribution in [0.1, 0.15) is 16.8 Å². The number of ether oxygens (including phenoxy) is 1. The van der Waals surface area contributed by atoms with Gasteiger partial charge in [0.05, 0.1) is 11.7 Å². The van der Waals surface area contributed by atoms with Crippen molar-refractivity contribution in [3.8, 4) is 16.9 Å². The summed E-state index contributed by atoms with van der Waals surface area (Å²) in [6, 6.07) is 6.95. The molecular weight excluding hydrogens is 484 g/mol. The van der Waals surface area contributed by atoms with E-state index in [0.717, 1.165) is 0 Å². The summed E-state index contributed by atoms with van der Waals surface area (Å²) in [4.78, 5) is 27.4. The highest BCUT2D eigenvalue weighted by Gasteiger charge is 2.30. The molecule has 3 N–H and O–H groups in total. The number of aliphatic hydroxyl groups is 2. The second kappa shape index (κ2) is 10.5. The standard InChI is InChI=1S/C23H22ClF2N5O4/c24-23(25,26)35-18-3-1-17(2-4-18)30-22(34)15-7-19(16-8-27-13-28-9-16)21(29-10-15)31-6-5-14(12-32)20(33)11-31/h1-4,7-10,13-14,20,32-33H,5-6,11-12H2,(H,30,34)/t14-,20+/m0/s1. The minimum absolute atomic E-state index is 0.0949. The molecule has 1 amide bonds. The van der Waals surface area contributed by atoms with E-state index in [-0.39, 0.29) is 30.4 Å². The van der Waals surface area contributed by atoms with Crippen LogP contribution in [0.25, 0.3) is 11.1 Å². The number of hydrogen-bond acceptors (Lipinski definition) is 8. The van der Waals surface area contributed by atoms with E-state index < -0.39 is 17.6 Å². The second-order valence-corrected chi connectivity index (χ2v) is 8.43. The van der Waals surface area contributed by atoms with E-state index in [1.807, 2.05) is 4.90 Å². The zero-order chi connectivity index (χ0) is 25.0. The molecule has 1 aromatic carbocycles. The first-order valence-corrected chi connectivity index (χ1v) is 11.1. The van der Waals surface area contributed by atoms with Crippen molar-refractivity contribution >= 4 is 29.0 Å². The molecule has 0 bridgehead atoms. The Morgan fingerprint density at radius 3 is 2.57 bits per heavy atom. The molecule has 0 radical (unpaired) electrons. The Bertz CT molecular complexity index is 1160. The molecule has 35 heavy (non-hydrogen) atoms. The summed E-state index contributed by atoms with van der Waals surface area (Å²) in [5, 5.41) is 22.5. The molecule has 4 rings (SSSR count). The lowest BCUT2D eigenvalue weighted by Crippen LogP contribution is -2.45. The monoisotopic (exact) mass is 505 g/mol. The van der Waals surface area contributed by atoms with E-state index in [1.165, 1.54) is 36.8 Å². The van der Waals surface area contributed by atoms with Gasteiger partial charge in [-0.25, -0.2) is 15.0 Å². The number of nitrogens with zero attached hydrogens (tertiary/aromatic N) is 4. The molecule has 3 heterocycles. The largest absolute Gasteiger partial charge is 0.487 e. The zero-order valence-electron chi connectivity index (χ0n) is 18.3. The highest BCUT2D eigenvalue weighted by molar-refractivity contribution is 6.20. The van der Waals surface area contributed by atoms with Crippen molar-refractivity contribution in [2.75, 3.05) is 29.9 Å². The van der Waals surface area contributed by atoms with Gasteiger partial charge >= 0.3 is 5.57 Å². The lowest BCUT2D eigenvalue weighted by atomic mass is 9.94. The number of rotatable bonds is 7. The van der Waals surface area contributed by atoms with Gasteiger partial charge < -0.3 is 25.2 Å². The quantitative estimate of drug-likeness (QED) is 0.419. The molecule has 1 aliphatic rings. The maximum absolute atomic E-state index is 12.9. The fourth-order valence-corrected chi connectivity index (χ4v) is 3.90. The SMILES string of the molecule is O=C(Nc1ccc(OC(F)(F)Cl)cc1)c1cnc(N2CC[C@@H](CO)[C@H](O)C2)c(-c2cncnc2)c1. The van der Waals surface area contributed by atoms with Gasteiger partial charge in [0.2, 0.25) is 0 Å². The summed E-state index contributed by atoms with van der Waals surface area (Å²) >= 11 is 4.76. The Labute approximate surface area is 204 Å². The zero-order valence-corrected chi connectivity index (χ0v) is 19.1. The number of hydrogen-bond donors (Lipinski definition) is 3. The van der Waals surface area contributed by atoms with Gasteiger partial charge in [-0.3, -0.25) is 4.79 Å². The number of aliphatic hydroxyl groups excluding tert-OH is 2. The Balaban J connectivity index is 1.57. The number of pyridine rings is 1. The smallest absolute Gasteiger partial charge is 0.420 e. The van der Waals surface area contributed by atoms with E-state index in [9.17, 15) is 23.8 Å². The predicted molar refractivity (Wildman–Crippen MR) is 124 cm³/mol. The third kappa shape index (κ3) is 6.18. The van der Waals surface area contributed by atoms with Crippen molar-refractivity contribution in [2.45, 2.75) is 18.1 Å². The van der Waals surface area contributed by atoms with Crippen LogP contribution in [0.15, 0.2) is 55.2 Å². The van der Waals surface area contributed by atoms with Gasteiger partial charge in [-0.1, -0.05) is 0 Å². The molecule has 2 atom stereocenters. The molecular formula is C23H22ClF2N5O4. The number of β-amino-alcohol motifs (C(OH)–C–C–N with tert-alkyl or cyclic N) is 1. The van der Waals surface area contributed by atoms with Crippen LogP contribution in [0.2, 0.25) is 0 Å². The van der Waals surface area contributed by atoms with Gasteiger partial charge in [-0.2, -0.15) is 0 Å². The molecule has 1 aliphatic heterocycles. The molecule has 3 aromatic rings. The number of nitrogens with one attached hydrogen (secondary N) is 1. The number of piperidine rings is 1. The summed E-state index contributed by atoms with van der Waals surface area (Å²) in [6.07, 6.45) is 5.85. The number of amides is 1. The van der Waals surface area contributed by atoms with E-state index in [1.54, 1.807) is 18.5 Å². The van der Waals surface area contributed by atoms with E-state index >= 15 is 0 Å². The third-order valence-electron chi connectivity index (χ3n) is 5.60. The maximum Gasteiger partial charge on any atom is 0.487 e. The van der Waals surface area contributed by atoms with Gasteiger partial charge in [0, 0.05) is 72.6 Å². The van der Waals surface area contributed by atoms with Crippen LogP contribution in [-0.2, 0) is 0 Å². The summed E-state index contributed by atoms with van der Waals surface area (Å²) in [5.41, 5.74) is -2.01. The summed E-state index contributed by atoms with van der Waals surface area (Å²) in [5.74, 6) is -0.285.